The number of carbonyl (C=O) groups excluding carboxylic acids is 2. The lowest BCUT2D eigenvalue weighted by atomic mass is 9.83. The predicted molar refractivity (Wildman–Crippen MR) is 93.4 cm³/mol. The number of amides is 2. The lowest BCUT2D eigenvalue weighted by Gasteiger charge is -2.36. The molecule has 0 unspecified atom stereocenters. The average molecular weight is 327 g/mol. The van der Waals surface area contributed by atoms with Gasteiger partial charge in [-0.25, -0.2) is 0 Å². The number of benzene rings is 1. The molecular formula is C19H25N3O2. The van der Waals surface area contributed by atoms with Crippen LogP contribution in [0.15, 0.2) is 18.2 Å². The lowest BCUT2D eigenvalue weighted by Crippen LogP contribution is -2.35. The van der Waals surface area contributed by atoms with Gasteiger partial charge in [-0.15, -0.1) is 0 Å². The minimum atomic E-state index is -0.276. The van der Waals surface area contributed by atoms with Gasteiger partial charge in [-0.1, -0.05) is 0 Å². The fraction of sp³-hybridized carbons (Fsp3) is 0.579. The Kier molecular flexibility index (Phi) is 4.27. The van der Waals surface area contributed by atoms with E-state index in [2.05, 4.69) is 15.5 Å². The molecule has 2 N–H and O–H groups in total. The standard InChI is InChI=1S/C19H25N3O2/c23-18-16-2-1-15(12-17(16)19(24)21-18)22-9-5-14(6-10-22)11-13-3-7-20-8-4-13/h1-2,12-14,20H,3-11H2,(H,21,23,24). The molecule has 2 saturated heterocycles. The van der Waals surface area contributed by atoms with Crippen LogP contribution in [0.3, 0.4) is 0 Å². The summed E-state index contributed by atoms with van der Waals surface area (Å²) in [5, 5.41) is 5.81. The number of nitrogens with zero attached hydrogens (tertiary/aromatic N) is 1. The van der Waals surface area contributed by atoms with Gasteiger partial charge in [0.25, 0.3) is 11.8 Å². The fourth-order valence-electron chi connectivity index (χ4n) is 4.37. The van der Waals surface area contributed by atoms with E-state index in [1.165, 1.54) is 45.2 Å². The molecule has 0 radical (unpaired) electrons. The molecule has 4 rings (SSSR count). The second kappa shape index (κ2) is 6.55. The highest BCUT2D eigenvalue weighted by molar-refractivity contribution is 6.21. The highest BCUT2D eigenvalue weighted by Crippen LogP contribution is 2.31. The van der Waals surface area contributed by atoms with E-state index in [1.54, 1.807) is 6.07 Å². The van der Waals surface area contributed by atoms with Crippen LogP contribution in [0.2, 0.25) is 0 Å². The lowest BCUT2D eigenvalue weighted by molar-refractivity contribution is 0.0879. The maximum absolute atomic E-state index is 11.8. The second-order valence-corrected chi connectivity index (χ2v) is 7.37. The summed E-state index contributed by atoms with van der Waals surface area (Å²) in [4.78, 5) is 25.8. The van der Waals surface area contributed by atoms with E-state index in [0.717, 1.165) is 30.6 Å². The Morgan fingerprint density at radius 2 is 1.58 bits per heavy atom. The molecule has 0 aliphatic carbocycles. The van der Waals surface area contributed by atoms with Gasteiger partial charge in [-0.3, -0.25) is 14.9 Å². The van der Waals surface area contributed by atoms with Crippen LogP contribution in [0.1, 0.15) is 52.8 Å². The van der Waals surface area contributed by atoms with Crippen LogP contribution >= 0.6 is 0 Å². The van der Waals surface area contributed by atoms with Gasteiger partial charge in [-0.2, -0.15) is 0 Å². The molecule has 1 aromatic carbocycles. The molecule has 0 spiro atoms. The van der Waals surface area contributed by atoms with Crippen molar-refractivity contribution in [3.05, 3.63) is 29.3 Å². The Balaban J connectivity index is 1.37. The van der Waals surface area contributed by atoms with Crippen molar-refractivity contribution in [3.63, 3.8) is 0 Å². The third-order valence-electron chi connectivity index (χ3n) is 5.82. The summed E-state index contributed by atoms with van der Waals surface area (Å²) < 4.78 is 0. The molecule has 2 fully saturated rings. The van der Waals surface area contributed by atoms with E-state index >= 15 is 0 Å². The second-order valence-electron chi connectivity index (χ2n) is 7.37. The predicted octanol–water partition coefficient (Wildman–Crippen LogP) is 2.18. The number of hydrogen-bond donors (Lipinski definition) is 2. The smallest absolute Gasteiger partial charge is 0.259 e. The Morgan fingerprint density at radius 3 is 2.33 bits per heavy atom. The summed E-state index contributed by atoms with van der Waals surface area (Å²) in [6.07, 6.45) is 6.48. The molecule has 0 bridgehead atoms. The SMILES string of the molecule is O=C1NC(=O)c2cc(N3CCC(CC4CCNCC4)CC3)ccc21. The molecule has 128 valence electrons. The normalized spacial score (nSPS) is 22.6. The van der Waals surface area contributed by atoms with E-state index in [9.17, 15) is 9.59 Å². The largest absolute Gasteiger partial charge is 0.371 e. The van der Waals surface area contributed by atoms with Crippen LogP contribution in [0.4, 0.5) is 5.69 Å². The number of rotatable bonds is 3. The molecular weight excluding hydrogens is 302 g/mol. The molecule has 0 aromatic heterocycles. The van der Waals surface area contributed by atoms with Crippen LogP contribution in [0.25, 0.3) is 0 Å². The quantitative estimate of drug-likeness (QED) is 0.836. The number of imide groups is 1. The number of piperidine rings is 2. The molecule has 3 aliphatic rings. The molecule has 24 heavy (non-hydrogen) atoms. The number of carbonyl (C=O) groups is 2. The molecule has 5 nitrogen and oxygen atoms in total. The monoisotopic (exact) mass is 327 g/mol. The first-order chi connectivity index (χ1) is 11.7. The van der Waals surface area contributed by atoms with Crippen LogP contribution < -0.4 is 15.5 Å². The van der Waals surface area contributed by atoms with Gasteiger partial charge >= 0.3 is 0 Å². The van der Waals surface area contributed by atoms with Gasteiger partial charge in [-0.05, 0) is 75.2 Å². The first-order valence-electron chi connectivity index (χ1n) is 9.16. The summed E-state index contributed by atoms with van der Waals surface area (Å²) in [5.74, 6) is 1.20. The minimum absolute atomic E-state index is 0.266. The number of anilines is 1. The first kappa shape index (κ1) is 15.6. The molecule has 3 aliphatic heterocycles. The maximum Gasteiger partial charge on any atom is 0.259 e. The van der Waals surface area contributed by atoms with Crippen molar-refractivity contribution < 1.29 is 9.59 Å². The van der Waals surface area contributed by atoms with Gasteiger partial charge in [0.05, 0.1) is 11.1 Å². The first-order valence-corrected chi connectivity index (χ1v) is 9.16. The highest BCUT2D eigenvalue weighted by atomic mass is 16.2. The molecule has 5 heteroatoms. The number of nitrogens with one attached hydrogen (secondary N) is 2. The van der Waals surface area contributed by atoms with E-state index in [0.29, 0.717) is 11.1 Å². The van der Waals surface area contributed by atoms with E-state index in [-0.39, 0.29) is 11.8 Å². The zero-order valence-corrected chi connectivity index (χ0v) is 14.0. The number of fused-ring (bicyclic) bond motifs is 1. The summed E-state index contributed by atoms with van der Waals surface area (Å²) in [6, 6.07) is 5.64. The van der Waals surface area contributed by atoms with Gasteiger partial charge in [0, 0.05) is 18.8 Å². The van der Waals surface area contributed by atoms with E-state index in [4.69, 9.17) is 0 Å². The third-order valence-corrected chi connectivity index (χ3v) is 5.82. The fourth-order valence-corrected chi connectivity index (χ4v) is 4.37. The summed E-state index contributed by atoms with van der Waals surface area (Å²) in [6.45, 7) is 4.45. The zero-order valence-electron chi connectivity index (χ0n) is 14.0. The molecule has 1 aromatic rings. The van der Waals surface area contributed by atoms with Gasteiger partial charge < -0.3 is 10.2 Å². The maximum atomic E-state index is 11.8. The van der Waals surface area contributed by atoms with E-state index in [1.807, 2.05) is 12.1 Å². The van der Waals surface area contributed by atoms with Crippen LogP contribution in [0, 0.1) is 11.8 Å². The van der Waals surface area contributed by atoms with E-state index < -0.39 is 0 Å². The average Bonchev–Trinajstić information content (AvgIpc) is 2.90. The molecule has 3 heterocycles. The highest BCUT2D eigenvalue weighted by Gasteiger charge is 2.28. The molecule has 2 amide bonds. The minimum Gasteiger partial charge on any atom is -0.371 e. The Bertz CT molecular complexity index is 644. The summed E-state index contributed by atoms with van der Waals surface area (Å²) in [5.41, 5.74) is 2.10. The van der Waals surface area contributed by atoms with Crippen LogP contribution in [-0.2, 0) is 0 Å². The van der Waals surface area contributed by atoms with Crippen molar-refractivity contribution in [3.8, 4) is 0 Å². The van der Waals surface area contributed by atoms with Crippen molar-refractivity contribution in [2.75, 3.05) is 31.1 Å². The van der Waals surface area contributed by atoms with Crippen LogP contribution in [-0.4, -0.2) is 38.0 Å². The van der Waals surface area contributed by atoms with Crippen LogP contribution in [0.5, 0.6) is 0 Å². The topological polar surface area (TPSA) is 61.4 Å². The van der Waals surface area contributed by atoms with Crippen molar-refractivity contribution in [2.24, 2.45) is 11.8 Å². The molecule has 0 atom stereocenters. The van der Waals surface area contributed by atoms with Gasteiger partial charge in [0.1, 0.15) is 0 Å². The summed E-state index contributed by atoms with van der Waals surface area (Å²) in [7, 11) is 0. The third kappa shape index (κ3) is 3.05. The van der Waals surface area contributed by atoms with Crippen molar-refractivity contribution >= 4 is 17.5 Å². The summed E-state index contributed by atoms with van der Waals surface area (Å²) >= 11 is 0. The van der Waals surface area contributed by atoms with Gasteiger partial charge in [0.2, 0.25) is 0 Å². The zero-order chi connectivity index (χ0) is 16.5. The van der Waals surface area contributed by atoms with Crippen molar-refractivity contribution in [1.29, 1.82) is 0 Å². The van der Waals surface area contributed by atoms with Crippen molar-refractivity contribution in [2.45, 2.75) is 32.1 Å². The Hall–Kier alpha value is -1.88. The molecule has 0 saturated carbocycles. The Morgan fingerprint density at radius 1 is 0.917 bits per heavy atom. The Labute approximate surface area is 142 Å². The van der Waals surface area contributed by atoms with Gasteiger partial charge in [0.15, 0.2) is 0 Å². The number of hydrogen-bond acceptors (Lipinski definition) is 4. The van der Waals surface area contributed by atoms with Crippen molar-refractivity contribution in [1.82, 2.24) is 10.6 Å².